The van der Waals surface area contributed by atoms with Crippen LogP contribution in [0.1, 0.15) is 5.56 Å². The van der Waals surface area contributed by atoms with Gasteiger partial charge in [0.25, 0.3) is 0 Å². The van der Waals surface area contributed by atoms with Gasteiger partial charge in [-0.15, -0.1) is 0 Å². The van der Waals surface area contributed by atoms with Gasteiger partial charge in [-0.25, -0.2) is 17.6 Å². The van der Waals surface area contributed by atoms with E-state index in [1.54, 1.807) is 6.08 Å². The van der Waals surface area contributed by atoms with Crippen molar-refractivity contribution in [3.8, 4) is 16.9 Å². The van der Waals surface area contributed by atoms with E-state index >= 15 is 0 Å². The summed E-state index contributed by atoms with van der Waals surface area (Å²) in [5.41, 5.74) is 1.17. The number of carbonyl (C=O) groups is 1. The normalized spacial score (nSPS) is 14.4. The fourth-order valence-electron chi connectivity index (χ4n) is 2.60. The Labute approximate surface area is 137 Å². The highest BCUT2D eigenvalue weighted by Crippen LogP contribution is 2.38. The number of phenolic OH excluding ortho intramolecular Hbond substituents is 1. The van der Waals surface area contributed by atoms with Crippen LogP contribution in [0.25, 0.3) is 16.7 Å². The van der Waals surface area contributed by atoms with Gasteiger partial charge in [0.2, 0.25) is 0 Å². The number of esters is 1. The zero-order valence-electron chi connectivity index (χ0n) is 12.6. The summed E-state index contributed by atoms with van der Waals surface area (Å²) in [6, 6.07) is 7.87. The molecule has 124 valence electrons. The van der Waals surface area contributed by atoms with Gasteiger partial charge < -0.3 is 9.84 Å². The number of hydrogen-bond acceptors (Lipinski definition) is 5. The maximum Gasteiger partial charge on any atom is 0.338 e. The molecule has 24 heavy (non-hydrogen) atoms. The third kappa shape index (κ3) is 2.90. The predicted molar refractivity (Wildman–Crippen MR) is 85.5 cm³/mol. The van der Waals surface area contributed by atoms with Crippen molar-refractivity contribution in [3.63, 3.8) is 0 Å². The molecule has 1 heterocycles. The van der Waals surface area contributed by atoms with Crippen LogP contribution in [0.5, 0.6) is 5.75 Å². The Bertz CT molecular complexity index is 959. The lowest BCUT2D eigenvalue weighted by molar-refractivity contribution is -0.133. The average Bonchev–Trinajstić information content (AvgIpc) is 2.92. The van der Waals surface area contributed by atoms with Crippen molar-refractivity contribution in [2.75, 3.05) is 12.9 Å². The maximum absolute atomic E-state index is 13.2. The van der Waals surface area contributed by atoms with Gasteiger partial charge in [-0.1, -0.05) is 12.1 Å². The molecule has 0 saturated heterocycles. The second kappa shape index (κ2) is 5.76. The number of ether oxygens (including phenoxy) is 1. The van der Waals surface area contributed by atoms with Crippen molar-refractivity contribution in [1.82, 2.24) is 0 Å². The number of cyclic esters (lactones) is 1. The van der Waals surface area contributed by atoms with Crippen molar-refractivity contribution in [2.24, 2.45) is 0 Å². The van der Waals surface area contributed by atoms with Gasteiger partial charge in [0.05, 0.1) is 5.57 Å². The first-order chi connectivity index (χ1) is 11.3. The van der Waals surface area contributed by atoms with E-state index in [2.05, 4.69) is 0 Å². The Morgan fingerprint density at radius 3 is 2.33 bits per heavy atom. The zero-order valence-corrected chi connectivity index (χ0v) is 13.4. The summed E-state index contributed by atoms with van der Waals surface area (Å²) in [5.74, 6) is -1.50. The topological polar surface area (TPSA) is 80.7 Å². The fourth-order valence-corrected chi connectivity index (χ4v) is 3.62. The second-order valence-corrected chi connectivity index (χ2v) is 7.32. The highest BCUT2D eigenvalue weighted by atomic mass is 32.2. The molecule has 0 aromatic heterocycles. The lowest BCUT2D eigenvalue weighted by atomic mass is 9.98. The number of phenols is 1. The molecule has 1 aliphatic heterocycles. The van der Waals surface area contributed by atoms with Gasteiger partial charge >= 0.3 is 5.97 Å². The minimum Gasteiger partial charge on any atom is -0.507 e. The van der Waals surface area contributed by atoms with Crippen LogP contribution < -0.4 is 0 Å². The zero-order chi connectivity index (χ0) is 17.5. The third-order valence-corrected chi connectivity index (χ3v) is 4.80. The van der Waals surface area contributed by atoms with Crippen LogP contribution in [0.3, 0.4) is 0 Å². The number of rotatable bonds is 3. The molecule has 0 fully saturated rings. The molecule has 0 amide bonds. The molecule has 2 aromatic carbocycles. The summed E-state index contributed by atoms with van der Waals surface area (Å²) in [6.07, 6.45) is 2.52. The van der Waals surface area contributed by atoms with Crippen molar-refractivity contribution in [1.29, 1.82) is 0 Å². The van der Waals surface area contributed by atoms with Crippen LogP contribution in [-0.4, -0.2) is 32.4 Å². The summed E-state index contributed by atoms with van der Waals surface area (Å²) >= 11 is 0. The van der Waals surface area contributed by atoms with Crippen molar-refractivity contribution >= 4 is 21.4 Å². The molecule has 0 aliphatic carbocycles. The minimum atomic E-state index is -3.76. The van der Waals surface area contributed by atoms with Crippen LogP contribution in [0.4, 0.5) is 4.39 Å². The second-order valence-electron chi connectivity index (χ2n) is 5.37. The lowest BCUT2D eigenvalue weighted by Gasteiger charge is -2.13. The molecule has 1 aliphatic rings. The monoisotopic (exact) mass is 348 g/mol. The van der Waals surface area contributed by atoms with Crippen molar-refractivity contribution in [3.05, 3.63) is 53.9 Å². The summed E-state index contributed by atoms with van der Waals surface area (Å²) in [4.78, 5) is 11.4. The minimum absolute atomic E-state index is 0.120. The molecule has 5 nitrogen and oxygen atoms in total. The molecule has 0 spiro atoms. The lowest BCUT2D eigenvalue weighted by Crippen LogP contribution is -2.04. The molecular formula is C17H13FO5S. The summed E-state index contributed by atoms with van der Waals surface area (Å²) in [6.45, 7) is 0.120. The SMILES string of the molecule is CS(=O)(=O)c1c(O)cc(C2=CCOC2=O)cc1-c1ccc(F)cc1. The number of benzene rings is 2. The van der Waals surface area contributed by atoms with E-state index in [9.17, 15) is 22.7 Å². The van der Waals surface area contributed by atoms with Gasteiger partial charge in [-0.3, -0.25) is 0 Å². The molecule has 1 N–H and O–H groups in total. The smallest absolute Gasteiger partial charge is 0.338 e. The Morgan fingerprint density at radius 2 is 1.79 bits per heavy atom. The first-order valence-corrected chi connectivity index (χ1v) is 8.87. The molecule has 0 unspecified atom stereocenters. The standard InChI is InChI=1S/C17H13FO5S/c1-24(21,22)16-14(10-2-4-12(18)5-3-10)8-11(9-15(16)19)13-6-7-23-17(13)20/h2-6,8-9,19H,7H2,1H3. The molecule has 0 atom stereocenters. The van der Waals surface area contributed by atoms with E-state index in [-0.39, 0.29) is 22.6 Å². The number of hydrogen-bond donors (Lipinski definition) is 1. The molecule has 2 aromatic rings. The van der Waals surface area contributed by atoms with Crippen LogP contribution in [0, 0.1) is 5.82 Å². The third-order valence-electron chi connectivity index (χ3n) is 3.63. The highest BCUT2D eigenvalue weighted by Gasteiger charge is 2.25. The van der Waals surface area contributed by atoms with E-state index in [1.165, 1.54) is 36.4 Å². The quantitative estimate of drug-likeness (QED) is 0.862. The summed E-state index contributed by atoms with van der Waals surface area (Å²) in [7, 11) is -3.76. The van der Waals surface area contributed by atoms with Crippen molar-refractivity contribution < 1.29 is 27.4 Å². The van der Waals surface area contributed by atoms with E-state index in [0.29, 0.717) is 11.1 Å². The fraction of sp³-hybridized carbons (Fsp3) is 0.118. The summed E-state index contributed by atoms with van der Waals surface area (Å²) < 4.78 is 42.1. The molecule has 0 radical (unpaired) electrons. The molecular weight excluding hydrogens is 335 g/mol. The Kier molecular flexibility index (Phi) is 3.88. The number of carbonyl (C=O) groups excluding carboxylic acids is 1. The largest absolute Gasteiger partial charge is 0.507 e. The van der Waals surface area contributed by atoms with E-state index in [4.69, 9.17) is 4.74 Å². The molecule has 3 rings (SSSR count). The first kappa shape index (κ1) is 16.2. The Balaban J connectivity index is 2.29. The van der Waals surface area contributed by atoms with Crippen LogP contribution in [0.15, 0.2) is 47.4 Å². The maximum atomic E-state index is 13.2. The molecule has 0 bridgehead atoms. The highest BCUT2D eigenvalue weighted by molar-refractivity contribution is 7.91. The van der Waals surface area contributed by atoms with Crippen molar-refractivity contribution in [2.45, 2.75) is 4.90 Å². The van der Waals surface area contributed by atoms with Gasteiger partial charge in [-0.2, -0.15) is 0 Å². The van der Waals surface area contributed by atoms with Crippen LogP contribution in [0.2, 0.25) is 0 Å². The van der Waals surface area contributed by atoms with E-state index in [1.807, 2.05) is 0 Å². The molecule has 7 heteroatoms. The first-order valence-electron chi connectivity index (χ1n) is 6.98. The van der Waals surface area contributed by atoms with E-state index in [0.717, 1.165) is 6.26 Å². The van der Waals surface area contributed by atoms with Crippen LogP contribution >= 0.6 is 0 Å². The van der Waals surface area contributed by atoms with Gasteiger partial charge in [0, 0.05) is 11.8 Å². The van der Waals surface area contributed by atoms with E-state index < -0.39 is 27.4 Å². The number of halogens is 1. The van der Waals surface area contributed by atoms with Gasteiger partial charge in [0.1, 0.15) is 23.1 Å². The average molecular weight is 348 g/mol. The predicted octanol–water partition coefficient (Wildman–Crippen LogP) is 2.54. The number of aromatic hydroxyl groups is 1. The van der Waals surface area contributed by atoms with Crippen LogP contribution in [-0.2, 0) is 19.4 Å². The summed E-state index contributed by atoms with van der Waals surface area (Å²) in [5, 5.41) is 10.2. The molecule has 0 saturated carbocycles. The van der Waals surface area contributed by atoms with Gasteiger partial charge in [0.15, 0.2) is 9.84 Å². The Morgan fingerprint density at radius 1 is 1.12 bits per heavy atom. The number of sulfone groups is 1. The van der Waals surface area contributed by atoms with Gasteiger partial charge in [-0.05, 0) is 41.5 Å². The Hall–Kier alpha value is -2.67.